The molecule has 0 fully saturated rings. The van der Waals surface area contributed by atoms with Crippen molar-refractivity contribution in [1.29, 1.82) is 0 Å². The van der Waals surface area contributed by atoms with Crippen LogP contribution in [0, 0.1) is 5.82 Å². The van der Waals surface area contributed by atoms with Crippen molar-refractivity contribution in [2.24, 2.45) is 0 Å². The third-order valence-corrected chi connectivity index (χ3v) is 3.81. The maximum Gasteiger partial charge on any atom is 0.340 e. The molecule has 0 spiro atoms. The van der Waals surface area contributed by atoms with Crippen molar-refractivity contribution in [2.75, 3.05) is 11.9 Å². The molecule has 2 rings (SSSR count). The minimum atomic E-state index is -0.788. The highest BCUT2D eigenvalue weighted by Gasteiger charge is 2.19. The molecule has 0 unspecified atom stereocenters. The summed E-state index contributed by atoms with van der Waals surface area (Å²) in [5.41, 5.74) is 1.49. The Balaban J connectivity index is 2.01. The summed E-state index contributed by atoms with van der Waals surface area (Å²) in [6.07, 6.45) is 0. The Morgan fingerprint density at radius 2 is 1.84 bits per heavy atom. The molecule has 2 aromatic rings. The van der Waals surface area contributed by atoms with E-state index in [1.54, 1.807) is 6.07 Å². The number of rotatable bonds is 4. The van der Waals surface area contributed by atoms with Crippen molar-refractivity contribution in [1.82, 2.24) is 0 Å². The molecule has 4 nitrogen and oxygen atoms in total. The normalized spacial score (nSPS) is 11.1. The SMILES string of the molecule is CC(C)(C)c1ccccc1NC(=O)COC(=O)c1ccc(F)cc1Cl. The fourth-order valence-electron chi connectivity index (χ4n) is 2.30. The molecule has 0 saturated carbocycles. The zero-order chi connectivity index (χ0) is 18.6. The summed E-state index contributed by atoms with van der Waals surface area (Å²) in [5.74, 6) is -1.81. The van der Waals surface area contributed by atoms with Crippen molar-refractivity contribution in [3.63, 3.8) is 0 Å². The minimum Gasteiger partial charge on any atom is -0.452 e. The van der Waals surface area contributed by atoms with E-state index in [1.165, 1.54) is 6.07 Å². The molecular weight excluding hydrogens is 345 g/mol. The van der Waals surface area contributed by atoms with Gasteiger partial charge in [-0.2, -0.15) is 0 Å². The van der Waals surface area contributed by atoms with Crippen molar-refractivity contribution in [3.8, 4) is 0 Å². The first kappa shape index (κ1) is 18.9. The molecule has 0 atom stereocenters. The van der Waals surface area contributed by atoms with Crippen LogP contribution in [-0.4, -0.2) is 18.5 Å². The first-order valence-electron chi connectivity index (χ1n) is 7.70. The van der Waals surface area contributed by atoms with Gasteiger partial charge in [0.15, 0.2) is 6.61 Å². The Hall–Kier alpha value is -2.40. The average Bonchev–Trinajstić information content (AvgIpc) is 2.52. The van der Waals surface area contributed by atoms with Crippen LogP contribution in [0.15, 0.2) is 42.5 Å². The zero-order valence-corrected chi connectivity index (χ0v) is 15.0. The Bertz CT molecular complexity index is 799. The number of carbonyl (C=O) groups excluding carboxylic acids is 2. The van der Waals surface area contributed by atoms with Crippen LogP contribution >= 0.6 is 11.6 Å². The van der Waals surface area contributed by atoms with Gasteiger partial charge in [0.1, 0.15) is 5.82 Å². The topological polar surface area (TPSA) is 55.4 Å². The molecule has 0 aliphatic rings. The number of benzene rings is 2. The summed E-state index contributed by atoms with van der Waals surface area (Å²) in [6.45, 7) is 5.64. The van der Waals surface area contributed by atoms with Gasteiger partial charge in [-0.25, -0.2) is 9.18 Å². The maximum absolute atomic E-state index is 13.0. The largest absolute Gasteiger partial charge is 0.452 e. The van der Waals surface area contributed by atoms with Gasteiger partial charge in [-0.1, -0.05) is 50.6 Å². The molecule has 0 aliphatic heterocycles. The van der Waals surface area contributed by atoms with Gasteiger partial charge in [0.2, 0.25) is 0 Å². The quantitative estimate of drug-likeness (QED) is 0.809. The lowest BCUT2D eigenvalue weighted by atomic mass is 9.86. The summed E-state index contributed by atoms with van der Waals surface area (Å²) in [7, 11) is 0. The predicted molar refractivity (Wildman–Crippen MR) is 95.5 cm³/mol. The van der Waals surface area contributed by atoms with Crippen LogP contribution in [0.3, 0.4) is 0 Å². The zero-order valence-electron chi connectivity index (χ0n) is 14.2. The summed E-state index contributed by atoms with van der Waals surface area (Å²) in [4.78, 5) is 24.0. The number of anilines is 1. The molecule has 1 N–H and O–H groups in total. The van der Waals surface area contributed by atoms with E-state index in [4.69, 9.17) is 16.3 Å². The number of halogens is 2. The lowest BCUT2D eigenvalue weighted by Crippen LogP contribution is -2.23. The van der Waals surface area contributed by atoms with Gasteiger partial charge in [0.25, 0.3) is 5.91 Å². The molecule has 6 heteroatoms. The monoisotopic (exact) mass is 363 g/mol. The molecule has 0 bridgehead atoms. The fraction of sp³-hybridized carbons (Fsp3) is 0.263. The van der Waals surface area contributed by atoms with Crippen LogP contribution in [-0.2, 0) is 14.9 Å². The number of hydrogen-bond donors (Lipinski definition) is 1. The lowest BCUT2D eigenvalue weighted by Gasteiger charge is -2.22. The van der Waals surface area contributed by atoms with E-state index in [0.29, 0.717) is 5.69 Å². The van der Waals surface area contributed by atoms with Gasteiger partial charge < -0.3 is 10.1 Å². The first-order valence-corrected chi connectivity index (χ1v) is 8.08. The number of nitrogens with one attached hydrogen (secondary N) is 1. The molecular formula is C19H19ClFNO3. The summed E-state index contributed by atoms with van der Waals surface area (Å²) in [5, 5.41) is 2.67. The Morgan fingerprint density at radius 1 is 1.16 bits per heavy atom. The minimum absolute atomic E-state index is 0.00552. The summed E-state index contributed by atoms with van der Waals surface area (Å²) in [6, 6.07) is 10.8. The molecule has 0 saturated heterocycles. The standard InChI is InChI=1S/C19H19ClFNO3/c1-19(2,3)14-6-4-5-7-16(14)22-17(23)11-25-18(24)13-9-8-12(21)10-15(13)20/h4-10H,11H2,1-3H3,(H,22,23). The second-order valence-electron chi connectivity index (χ2n) is 6.54. The van der Waals surface area contributed by atoms with Gasteiger partial charge in [-0.3, -0.25) is 4.79 Å². The molecule has 0 aromatic heterocycles. The molecule has 0 heterocycles. The van der Waals surface area contributed by atoms with Crippen molar-refractivity contribution in [3.05, 3.63) is 64.4 Å². The summed E-state index contributed by atoms with van der Waals surface area (Å²) < 4.78 is 18.0. The lowest BCUT2D eigenvalue weighted by molar-refractivity contribution is -0.119. The van der Waals surface area contributed by atoms with E-state index < -0.39 is 24.3 Å². The highest BCUT2D eigenvalue weighted by Crippen LogP contribution is 2.29. The number of amides is 1. The van der Waals surface area contributed by atoms with Crippen LogP contribution in [0.25, 0.3) is 0 Å². The van der Waals surface area contributed by atoms with Gasteiger partial charge >= 0.3 is 5.97 Å². The Labute approximate surface area is 150 Å². The predicted octanol–water partition coefficient (Wildman–Crippen LogP) is 4.57. The molecule has 0 radical (unpaired) electrons. The molecule has 2 aromatic carbocycles. The second kappa shape index (κ2) is 7.66. The number of hydrogen-bond acceptors (Lipinski definition) is 3. The van der Waals surface area contributed by atoms with Crippen molar-refractivity contribution >= 4 is 29.2 Å². The molecule has 0 aliphatic carbocycles. The van der Waals surface area contributed by atoms with Crippen LogP contribution < -0.4 is 5.32 Å². The Kier molecular flexibility index (Phi) is 5.80. The number of esters is 1. The molecule has 25 heavy (non-hydrogen) atoms. The number of para-hydroxylation sites is 1. The van der Waals surface area contributed by atoms with Gasteiger partial charge in [0, 0.05) is 5.69 Å². The summed E-state index contributed by atoms with van der Waals surface area (Å²) >= 11 is 5.80. The van der Waals surface area contributed by atoms with Gasteiger partial charge in [-0.15, -0.1) is 0 Å². The van der Waals surface area contributed by atoms with E-state index >= 15 is 0 Å². The number of carbonyl (C=O) groups is 2. The number of ether oxygens (including phenoxy) is 1. The third kappa shape index (κ3) is 5.03. The highest BCUT2D eigenvalue weighted by molar-refractivity contribution is 6.33. The first-order chi connectivity index (χ1) is 11.7. The maximum atomic E-state index is 13.0. The average molecular weight is 364 g/mol. The van der Waals surface area contributed by atoms with E-state index in [9.17, 15) is 14.0 Å². The van der Waals surface area contributed by atoms with E-state index in [2.05, 4.69) is 5.32 Å². The van der Waals surface area contributed by atoms with Crippen LogP contribution in [0.2, 0.25) is 5.02 Å². The van der Waals surface area contributed by atoms with E-state index in [1.807, 2.05) is 39.0 Å². The molecule has 132 valence electrons. The smallest absolute Gasteiger partial charge is 0.340 e. The van der Waals surface area contributed by atoms with Crippen LogP contribution in [0.4, 0.5) is 10.1 Å². The van der Waals surface area contributed by atoms with Gasteiger partial charge in [0.05, 0.1) is 10.6 Å². The molecule has 1 amide bonds. The van der Waals surface area contributed by atoms with Gasteiger partial charge in [-0.05, 0) is 35.2 Å². The third-order valence-electron chi connectivity index (χ3n) is 3.49. The van der Waals surface area contributed by atoms with Crippen LogP contribution in [0.1, 0.15) is 36.7 Å². The van der Waals surface area contributed by atoms with Crippen LogP contribution in [0.5, 0.6) is 0 Å². The second-order valence-corrected chi connectivity index (χ2v) is 6.95. The highest BCUT2D eigenvalue weighted by atomic mass is 35.5. The van der Waals surface area contributed by atoms with Crippen molar-refractivity contribution < 1.29 is 18.7 Å². The fourth-order valence-corrected chi connectivity index (χ4v) is 2.54. The Morgan fingerprint density at radius 3 is 2.48 bits per heavy atom. The van der Waals surface area contributed by atoms with Crippen molar-refractivity contribution in [2.45, 2.75) is 26.2 Å². The van der Waals surface area contributed by atoms with E-state index in [-0.39, 0.29) is 16.0 Å². The van der Waals surface area contributed by atoms with E-state index in [0.717, 1.165) is 17.7 Å².